The standard InChI is InChI=1S/C16H16ClFN2O3S/c1-10(12-4-3-5-13(8-12)19-11(2)21)20-24(22,23)14-6-7-16(18)15(17)9-14/h3-10,20H,1-2H3,(H,19,21). The van der Waals surface area contributed by atoms with E-state index < -0.39 is 21.9 Å². The fourth-order valence-electron chi connectivity index (χ4n) is 2.10. The first-order chi connectivity index (χ1) is 11.2. The summed E-state index contributed by atoms with van der Waals surface area (Å²) in [6, 6.07) is 9.45. The monoisotopic (exact) mass is 370 g/mol. The topological polar surface area (TPSA) is 75.3 Å². The summed E-state index contributed by atoms with van der Waals surface area (Å²) in [6.07, 6.45) is 0. The molecule has 0 fully saturated rings. The van der Waals surface area contributed by atoms with Gasteiger partial charge in [-0.2, -0.15) is 0 Å². The van der Waals surface area contributed by atoms with Gasteiger partial charge in [-0.15, -0.1) is 0 Å². The third-order valence-corrected chi connectivity index (χ3v) is 5.07. The maximum atomic E-state index is 13.2. The number of sulfonamides is 1. The fraction of sp³-hybridized carbons (Fsp3) is 0.188. The number of benzene rings is 2. The molecule has 1 amide bonds. The summed E-state index contributed by atoms with van der Waals surface area (Å²) in [4.78, 5) is 11.0. The van der Waals surface area contributed by atoms with E-state index in [0.29, 0.717) is 11.3 Å². The number of hydrogen-bond acceptors (Lipinski definition) is 3. The van der Waals surface area contributed by atoms with E-state index in [2.05, 4.69) is 10.0 Å². The number of nitrogens with one attached hydrogen (secondary N) is 2. The Labute approximate surface area is 144 Å². The molecule has 0 aliphatic rings. The Morgan fingerprint density at radius 1 is 1.21 bits per heavy atom. The minimum atomic E-state index is -3.87. The molecule has 0 aliphatic heterocycles. The van der Waals surface area contributed by atoms with Gasteiger partial charge in [0, 0.05) is 18.7 Å². The summed E-state index contributed by atoms with van der Waals surface area (Å²) < 4.78 is 40.4. The maximum absolute atomic E-state index is 13.2. The molecular weight excluding hydrogens is 355 g/mol. The molecule has 2 rings (SSSR count). The van der Waals surface area contributed by atoms with E-state index in [-0.39, 0.29) is 15.8 Å². The van der Waals surface area contributed by atoms with E-state index in [0.717, 1.165) is 18.2 Å². The summed E-state index contributed by atoms with van der Waals surface area (Å²) in [7, 11) is -3.87. The highest BCUT2D eigenvalue weighted by Gasteiger charge is 2.19. The Hall–Kier alpha value is -1.96. The smallest absolute Gasteiger partial charge is 0.241 e. The minimum absolute atomic E-state index is 0.126. The minimum Gasteiger partial charge on any atom is -0.326 e. The molecule has 0 spiro atoms. The largest absolute Gasteiger partial charge is 0.326 e. The van der Waals surface area contributed by atoms with Gasteiger partial charge in [-0.3, -0.25) is 4.79 Å². The maximum Gasteiger partial charge on any atom is 0.241 e. The van der Waals surface area contributed by atoms with Crippen LogP contribution in [-0.2, 0) is 14.8 Å². The lowest BCUT2D eigenvalue weighted by Crippen LogP contribution is -2.27. The Morgan fingerprint density at radius 2 is 1.92 bits per heavy atom. The molecule has 2 N–H and O–H groups in total. The van der Waals surface area contributed by atoms with Crippen LogP contribution in [0.15, 0.2) is 47.4 Å². The van der Waals surface area contributed by atoms with Crippen molar-refractivity contribution in [2.75, 3.05) is 5.32 Å². The molecule has 5 nitrogen and oxygen atoms in total. The lowest BCUT2D eigenvalue weighted by molar-refractivity contribution is -0.114. The zero-order chi connectivity index (χ0) is 17.9. The first kappa shape index (κ1) is 18.4. The van der Waals surface area contributed by atoms with Gasteiger partial charge in [0.15, 0.2) is 0 Å². The highest BCUT2D eigenvalue weighted by Crippen LogP contribution is 2.23. The Kier molecular flexibility index (Phi) is 5.58. The normalized spacial score (nSPS) is 12.7. The molecule has 1 atom stereocenters. The van der Waals surface area contributed by atoms with E-state index >= 15 is 0 Å². The van der Waals surface area contributed by atoms with Crippen LogP contribution in [0.25, 0.3) is 0 Å². The molecule has 0 aliphatic carbocycles. The van der Waals surface area contributed by atoms with Crippen molar-refractivity contribution in [1.29, 1.82) is 0 Å². The molecule has 0 bridgehead atoms. The van der Waals surface area contributed by atoms with Crippen molar-refractivity contribution in [1.82, 2.24) is 4.72 Å². The van der Waals surface area contributed by atoms with Crippen LogP contribution in [0, 0.1) is 5.82 Å². The lowest BCUT2D eigenvalue weighted by Gasteiger charge is -2.16. The molecule has 1 unspecified atom stereocenters. The van der Waals surface area contributed by atoms with Crippen LogP contribution in [-0.4, -0.2) is 14.3 Å². The Bertz CT molecular complexity index is 871. The van der Waals surface area contributed by atoms with Gasteiger partial charge in [0.2, 0.25) is 15.9 Å². The number of carbonyl (C=O) groups is 1. The van der Waals surface area contributed by atoms with Crippen molar-refractivity contribution >= 4 is 33.2 Å². The summed E-state index contributed by atoms with van der Waals surface area (Å²) >= 11 is 5.64. The molecule has 0 aromatic heterocycles. The highest BCUT2D eigenvalue weighted by molar-refractivity contribution is 7.89. The highest BCUT2D eigenvalue weighted by atomic mass is 35.5. The molecule has 0 heterocycles. The third-order valence-electron chi connectivity index (χ3n) is 3.24. The van der Waals surface area contributed by atoms with Crippen LogP contribution in [0.3, 0.4) is 0 Å². The number of rotatable bonds is 5. The van der Waals surface area contributed by atoms with Gasteiger partial charge >= 0.3 is 0 Å². The fourth-order valence-corrected chi connectivity index (χ4v) is 3.60. The van der Waals surface area contributed by atoms with Gasteiger partial charge in [0.1, 0.15) is 5.82 Å². The van der Waals surface area contributed by atoms with E-state index in [1.165, 1.54) is 6.92 Å². The zero-order valence-electron chi connectivity index (χ0n) is 13.0. The van der Waals surface area contributed by atoms with Gasteiger partial charge in [0.25, 0.3) is 0 Å². The van der Waals surface area contributed by atoms with Crippen LogP contribution in [0.2, 0.25) is 5.02 Å². The molecule has 0 saturated heterocycles. The molecule has 2 aromatic rings. The second kappa shape index (κ2) is 7.29. The van der Waals surface area contributed by atoms with Crippen LogP contribution in [0.5, 0.6) is 0 Å². The van der Waals surface area contributed by atoms with Crippen molar-refractivity contribution < 1.29 is 17.6 Å². The zero-order valence-corrected chi connectivity index (χ0v) is 14.6. The van der Waals surface area contributed by atoms with Crippen molar-refractivity contribution in [3.63, 3.8) is 0 Å². The number of halogens is 2. The van der Waals surface area contributed by atoms with Crippen molar-refractivity contribution in [3.8, 4) is 0 Å². The van der Waals surface area contributed by atoms with Gasteiger partial charge in [-0.05, 0) is 42.8 Å². The van der Waals surface area contributed by atoms with Crippen molar-refractivity contribution in [3.05, 3.63) is 58.9 Å². The van der Waals surface area contributed by atoms with Gasteiger partial charge in [-0.1, -0.05) is 23.7 Å². The summed E-state index contributed by atoms with van der Waals surface area (Å²) in [5, 5.41) is 2.37. The average Bonchev–Trinajstić information content (AvgIpc) is 2.49. The lowest BCUT2D eigenvalue weighted by atomic mass is 10.1. The Balaban J connectivity index is 2.23. The van der Waals surface area contributed by atoms with Gasteiger partial charge in [0.05, 0.1) is 9.92 Å². The first-order valence-corrected chi connectivity index (χ1v) is 8.90. The van der Waals surface area contributed by atoms with Gasteiger partial charge in [-0.25, -0.2) is 17.5 Å². The quantitative estimate of drug-likeness (QED) is 0.846. The number of anilines is 1. The van der Waals surface area contributed by atoms with Crippen molar-refractivity contribution in [2.45, 2.75) is 24.8 Å². The van der Waals surface area contributed by atoms with E-state index in [4.69, 9.17) is 11.6 Å². The predicted octanol–water partition coefficient (Wildman–Crippen LogP) is 3.48. The van der Waals surface area contributed by atoms with Crippen LogP contribution < -0.4 is 10.0 Å². The second-order valence-corrected chi connectivity index (χ2v) is 7.35. The first-order valence-electron chi connectivity index (χ1n) is 7.04. The molecule has 0 radical (unpaired) electrons. The molecular formula is C16H16ClFN2O3S. The molecule has 128 valence electrons. The number of carbonyl (C=O) groups excluding carboxylic acids is 1. The van der Waals surface area contributed by atoms with E-state index in [1.54, 1.807) is 31.2 Å². The van der Waals surface area contributed by atoms with Gasteiger partial charge < -0.3 is 5.32 Å². The van der Waals surface area contributed by atoms with E-state index in [9.17, 15) is 17.6 Å². The number of amides is 1. The van der Waals surface area contributed by atoms with E-state index in [1.807, 2.05) is 0 Å². The van der Waals surface area contributed by atoms with Crippen LogP contribution in [0.1, 0.15) is 25.5 Å². The summed E-state index contributed by atoms with van der Waals surface area (Å²) in [6.45, 7) is 3.05. The predicted molar refractivity (Wildman–Crippen MR) is 90.9 cm³/mol. The summed E-state index contributed by atoms with van der Waals surface area (Å²) in [5.41, 5.74) is 1.23. The molecule has 2 aromatic carbocycles. The summed E-state index contributed by atoms with van der Waals surface area (Å²) in [5.74, 6) is -0.909. The molecule has 8 heteroatoms. The van der Waals surface area contributed by atoms with Crippen LogP contribution in [0.4, 0.5) is 10.1 Å². The van der Waals surface area contributed by atoms with Crippen LogP contribution >= 0.6 is 11.6 Å². The number of hydrogen-bond donors (Lipinski definition) is 2. The molecule has 0 saturated carbocycles. The van der Waals surface area contributed by atoms with Crippen molar-refractivity contribution in [2.24, 2.45) is 0 Å². The molecule has 24 heavy (non-hydrogen) atoms. The third kappa shape index (κ3) is 4.53. The Morgan fingerprint density at radius 3 is 2.54 bits per heavy atom. The SMILES string of the molecule is CC(=O)Nc1cccc(C(C)NS(=O)(=O)c2ccc(F)c(Cl)c2)c1. The average molecular weight is 371 g/mol. The second-order valence-electron chi connectivity index (χ2n) is 5.23.